The lowest BCUT2D eigenvalue weighted by Crippen LogP contribution is -2.56. The molecule has 2 N–H and O–H groups in total. The van der Waals surface area contributed by atoms with Crippen molar-refractivity contribution in [3.8, 4) is 0 Å². The number of hydrogen-bond donors (Lipinski definition) is 1. The molecule has 2 fully saturated rings. The van der Waals surface area contributed by atoms with E-state index in [-0.39, 0.29) is 23.1 Å². The van der Waals surface area contributed by atoms with Gasteiger partial charge >= 0.3 is 0 Å². The van der Waals surface area contributed by atoms with Crippen LogP contribution in [0.5, 0.6) is 0 Å². The van der Waals surface area contributed by atoms with Crippen LogP contribution in [0.15, 0.2) is 40.9 Å². The molecule has 0 radical (unpaired) electrons. The molecule has 2 aliphatic rings. The normalized spacial score (nSPS) is 28.0. The smallest absolute Gasteiger partial charge is 0.243 e. The maximum Gasteiger partial charge on any atom is 0.243 e. The van der Waals surface area contributed by atoms with Crippen molar-refractivity contribution >= 4 is 27.4 Å². The summed E-state index contributed by atoms with van der Waals surface area (Å²) in [6, 6.07) is 5.37. The Hall–Kier alpha value is -1.37. The second kappa shape index (κ2) is 5.68. The highest BCUT2D eigenvalue weighted by Gasteiger charge is 2.47. The zero-order chi connectivity index (χ0) is 15.9. The number of benzene rings is 1. The first-order valence-corrected chi connectivity index (χ1v) is 9.01. The Bertz CT molecular complexity index is 728. The molecule has 2 unspecified atom stereocenters. The summed E-state index contributed by atoms with van der Waals surface area (Å²) in [6.07, 6.45) is 3.68. The van der Waals surface area contributed by atoms with E-state index in [2.05, 4.69) is 0 Å². The molecule has 0 amide bonds. The van der Waals surface area contributed by atoms with Crippen LogP contribution in [0.1, 0.15) is 25.7 Å². The van der Waals surface area contributed by atoms with Crippen LogP contribution in [0.25, 0.3) is 0 Å². The first kappa shape index (κ1) is 15.5. The minimum atomic E-state index is -3.68. The summed E-state index contributed by atoms with van der Waals surface area (Å²) in [4.78, 5) is 12.3. The van der Waals surface area contributed by atoms with Gasteiger partial charge in [0.1, 0.15) is 0 Å². The quantitative estimate of drug-likeness (QED) is 0.836. The number of rotatable bonds is 2. The van der Waals surface area contributed by atoms with Gasteiger partial charge in [-0.05, 0) is 43.5 Å². The first-order valence-electron chi connectivity index (χ1n) is 7.19. The van der Waals surface area contributed by atoms with Crippen LogP contribution in [0.4, 0.5) is 0 Å². The molecule has 2 heterocycles. The molecule has 0 aromatic heterocycles. The lowest BCUT2D eigenvalue weighted by atomic mass is 9.83. The summed E-state index contributed by atoms with van der Waals surface area (Å²) in [6.45, 7) is 0. The minimum Gasteiger partial charge on any atom is -0.404 e. The van der Waals surface area contributed by atoms with E-state index >= 15 is 0 Å². The Kier molecular flexibility index (Phi) is 4.01. The fourth-order valence-electron chi connectivity index (χ4n) is 3.35. The second-order valence-electron chi connectivity index (χ2n) is 5.64. The largest absolute Gasteiger partial charge is 0.404 e. The number of Topliss-reactive ketones (excluding diaryl/α,β-unsaturated/α-hetero) is 1. The number of carbonyl (C=O) groups excluding carboxylic acids is 1. The van der Waals surface area contributed by atoms with E-state index in [0.717, 1.165) is 6.42 Å². The molecule has 2 atom stereocenters. The summed E-state index contributed by atoms with van der Waals surface area (Å²) >= 11 is 5.83. The predicted octanol–water partition coefficient (Wildman–Crippen LogP) is 2.07. The number of sulfonamides is 1. The van der Waals surface area contributed by atoms with Gasteiger partial charge in [-0.1, -0.05) is 11.6 Å². The van der Waals surface area contributed by atoms with Crippen molar-refractivity contribution in [2.24, 2.45) is 5.73 Å². The van der Waals surface area contributed by atoms with Crippen LogP contribution in [0, 0.1) is 0 Å². The van der Waals surface area contributed by atoms with Crippen LogP contribution in [-0.2, 0) is 14.8 Å². The van der Waals surface area contributed by atoms with E-state index in [9.17, 15) is 13.2 Å². The zero-order valence-electron chi connectivity index (χ0n) is 11.9. The Morgan fingerprint density at radius 1 is 1.23 bits per heavy atom. The highest BCUT2D eigenvalue weighted by molar-refractivity contribution is 7.89. The summed E-state index contributed by atoms with van der Waals surface area (Å²) < 4.78 is 27.4. The molecular weight excluding hydrogens is 324 g/mol. The van der Waals surface area contributed by atoms with Gasteiger partial charge in [0.2, 0.25) is 10.0 Å². The highest BCUT2D eigenvalue weighted by Crippen LogP contribution is 2.39. The molecule has 0 saturated carbocycles. The van der Waals surface area contributed by atoms with E-state index in [4.69, 9.17) is 17.3 Å². The molecule has 0 spiro atoms. The van der Waals surface area contributed by atoms with E-state index in [1.165, 1.54) is 22.6 Å². The maximum atomic E-state index is 13.0. The molecule has 22 heavy (non-hydrogen) atoms. The lowest BCUT2D eigenvalue weighted by molar-refractivity contribution is -0.119. The van der Waals surface area contributed by atoms with Crippen molar-refractivity contribution in [1.82, 2.24) is 4.31 Å². The third-order valence-corrected chi connectivity index (χ3v) is 6.58. The van der Waals surface area contributed by atoms with E-state index in [1.54, 1.807) is 12.1 Å². The molecule has 2 bridgehead atoms. The van der Waals surface area contributed by atoms with Crippen molar-refractivity contribution in [3.05, 3.63) is 41.1 Å². The van der Waals surface area contributed by atoms with E-state index < -0.39 is 16.1 Å². The Balaban J connectivity index is 2.05. The van der Waals surface area contributed by atoms with Gasteiger partial charge in [-0.2, -0.15) is 4.31 Å². The number of fused-ring (bicyclic) bond motifs is 2. The van der Waals surface area contributed by atoms with Gasteiger partial charge in [0, 0.05) is 29.3 Å². The molecule has 1 aromatic carbocycles. The predicted molar refractivity (Wildman–Crippen MR) is 83.8 cm³/mol. The van der Waals surface area contributed by atoms with Crippen molar-refractivity contribution in [1.29, 1.82) is 0 Å². The number of nitrogens with two attached hydrogens (primary N) is 1. The minimum absolute atomic E-state index is 0.0419. The monoisotopic (exact) mass is 340 g/mol. The van der Waals surface area contributed by atoms with Crippen LogP contribution in [0.2, 0.25) is 5.02 Å². The van der Waals surface area contributed by atoms with Crippen molar-refractivity contribution in [3.63, 3.8) is 0 Å². The van der Waals surface area contributed by atoms with Gasteiger partial charge in [-0.15, -0.1) is 0 Å². The zero-order valence-corrected chi connectivity index (χ0v) is 13.5. The standard InChI is InChI=1S/C15H17ClN2O3S/c16-10-4-6-12(7-5-10)22(20,21)18-11-2-1-3-14(18)13(9-17)15(19)8-11/h4-7,9,11,14H,1-3,8,17H2/b13-9+. The third kappa shape index (κ3) is 2.45. The Morgan fingerprint density at radius 2 is 1.91 bits per heavy atom. The van der Waals surface area contributed by atoms with Gasteiger partial charge in [0.25, 0.3) is 0 Å². The fourth-order valence-corrected chi connectivity index (χ4v) is 5.33. The summed E-state index contributed by atoms with van der Waals surface area (Å²) in [5, 5.41) is 0.482. The molecule has 5 nitrogen and oxygen atoms in total. The number of piperidine rings is 2. The number of carbonyl (C=O) groups is 1. The number of hydrogen-bond acceptors (Lipinski definition) is 4. The third-order valence-electron chi connectivity index (χ3n) is 4.35. The fraction of sp³-hybridized carbons (Fsp3) is 0.400. The van der Waals surface area contributed by atoms with Crippen LogP contribution in [0.3, 0.4) is 0 Å². The molecule has 1 aromatic rings. The Labute approximate surface area is 134 Å². The molecule has 7 heteroatoms. The van der Waals surface area contributed by atoms with Crippen molar-refractivity contribution < 1.29 is 13.2 Å². The Morgan fingerprint density at radius 3 is 2.55 bits per heavy atom. The maximum absolute atomic E-state index is 13.0. The molecule has 118 valence electrons. The summed E-state index contributed by atoms with van der Waals surface area (Å²) in [7, 11) is -3.68. The first-order chi connectivity index (χ1) is 10.4. The highest BCUT2D eigenvalue weighted by atomic mass is 35.5. The molecular formula is C15H17ClN2O3S. The van der Waals surface area contributed by atoms with Crippen LogP contribution in [-0.4, -0.2) is 30.6 Å². The number of ketones is 1. The van der Waals surface area contributed by atoms with Crippen molar-refractivity contribution in [2.75, 3.05) is 0 Å². The SMILES string of the molecule is N/C=C1/C(=O)CC2CCCC1N2S(=O)(=O)c1ccc(Cl)cc1. The topological polar surface area (TPSA) is 80.5 Å². The summed E-state index contributed by atoms with van der Waals surface area (Å²) in [5.41, 5.74) is 5.98. The lowest BCUT2D eigenvalue weighted by Gasteiger charge is -2.45. The van der Waals surface area contributed by atoms with Crippen LogP contribution >= 0.6 is 11.6 Å². The number of nitrogens with zero attached hydrogens (tertiary/aromatic N) is 1. The second-order valence-corrected chi connectivity index (χ2v) is 7.92. The van der Waals surface area contributed by atoms with Gasteiger partial charge < -0.3 is 5.73 Å². The summed E-state index contributed by atoms with van der Waals surface area (Å²) in [5.74, 6) is -0.0419. The van der Waals surface area contributed by atoms with E-state index in [1.807, 2.05) is 0 Å². The molecule has 2 aliphatic heterocycles. The average molecular weight is 341 g/mol. The van der Waals surface area contributed by atoms with Gasteiger partial charge in [0.15, 0.2) is 5.78 Å². The molecule has 3 rings (SSSR count). The molecule has 0 aliphatic carbocycles. The van der Waals surface area contributed by atoms with Crippen molar-refractivity contribution in [2.45, 2.75) is 42.7 Å². The van der Waals surface area contributed by atoms with Gasteiger partial charge in [-0.3, -0.25) is 4.79 Å². The average Bonchev–Trinajstić information content (AvgIpc) is 2.47. The molecule has 2 saturated heterocycles. The number of halogens is 1. The van der Waals surface area contributed by atoms with Crippen LogP contribution < -0.4 is 5.73 Å². The van der Waals surface area contributed by atoms with E-state index in [0.29, 0.717) is 23.4 Å². The van der Waals surface area contributed by atoms with Gasteiger partial charge in [0.05, 0.1) is 10.9 Å². The van der Waals surface area contributed by atoms with Gasteiger partial charge in [-0.25, -0.2) is 8.42 Å².